The molecule has 5 heteroatoms. The zero-order chi connectivity index (χ0) is 20.1. The maximum atomic E-state index is 12.7. The average molecular weight is 394 g/mol. The van der Waals surface area contributed by atoms with Crippen LogP contribution in [0.5, 0.6) is 5.75 Å². The Labute approximate surface area is 169 Å². The van der Waals surface area contributed by atoms with E-state index in [9.17, 15) is 9.59 Å². The van der Waals surface area contributed by atoms with Gasteiger partial charge in [-0.1, -0.05) is 54.1 Å². The fraction of sp³-hybridized carbons (Fsp3) is 0.130. The number of rotatable bonds is 6. The summed E-state index contributed by atoms with van der Waals surface area (Å²) in [6, 6.07) is 19.4. The lowest BCUT2D eigenvalue weighted by Crippen LogP contribution is -2.21. The minimum Gasteiger partial charge on any atom is -0.484 e. The Morgan fingerprint density at radius 3 is 2.21 bits per heavy atom. The molecule has 0 atom stereocenters. The van der Waals surface area contributed by atoms with Crippen molar-refractivity contribution in [2.75, 3.05) is 11.9 Å². The molecule has 0 aliphatic heterocycles. The molecular weight excluding hydrogens is 374 g/mol. The van der Waals surface area contributed by atoms with Crippen LogP contribution in [0.1, 0.15) is 27.0 Å². The Bertz CT molecular complexity index is 992. The number of carbonyl (C=O) groups excluding carboxylic acids is 2. The molecule has 0 saturated heterocycles. The molecule has 3 aromatic carbocycles. The topological polar surface area (TPSA) is 55.4 Å². The van der Waals surface area contributed by atoms with Crippen LogP contribution >= 0.6 is 11.6 Å². The number of halogens is 1. The zero-order valence-electron chi connectivity index (χ0n) is 15.7. The van der Waals surface area contributed by atoms with Gasteiger partial charge in [0.1, 0.15) is 5.75 Å². The van der Waals surface area contributed by atoms with Crippen LogP contribution in [0.2, 0.25) is 5.02 Å². The van der Waals surface area contributed by atoms with Gasteiger partial charge < -0.3 is 10.1 Å². The third kappa shape index (κ3) is 4.59. The molecule has 3 aromatic rings. The molecule has 0 spiro atoms. The maximum absolute atomic E-state index is 12.7. The lowest BCUT2D eigenvalue weighted by molar-refractivity contribution is -0.118. The van der Waals surface area contributed by atoms with E-state index in [0.717, 1.165) is 11.1 Å². The highest BCUT2D eigenvalue weighted by Crippen LogP contribution is 2.26. The number of para-hydroxylation sites is 1. The minimum atomic E-state index is -0.349. The van der Waals surface area contributed by atoms with Gasteiger partial charge in [0.05, 0.1) is 5.69 Å². The monoisotopic (exact) mass is 393 g/mol. The first-order valence-electron chi connectivity index (χ1n) is 8.84. The minimum absolute atomic E-state index is 0.152. The highest BCUT2D eigenvalue weighted by atomic mass is 35.5. The van der Waals surface area contributed by atoms with Crippen molar-refractivity contribution in [1.82, 2.24) is 0 Å². The molecule has 0 aliphatic carbocycles. The Hall–Kier alpha value is -3.11. The number of amides is 1. The summed E-state index contributed by atoms with van der Waals surface area (Å²) in [5, 5.41) is 3.45. The molecule has 28 heavy (non-hydrogen) atoms. The highest BCUT2D eigenvalue weighted by Gasteiger charge is 2.15. The second kappa shape index (κ2) is 8.72. The number of hydrogen-bond donors (Lipinski definition) is 1. The van der Waals surface area contributed by atoms with E-state index in [0.29, 0.717) is 27.6 Å². The van der Waals surface area contributed by atoms with Crippen LogP contribution in [0.15, 0.2) is 66.7 Å². The summed E-state index contributed by atoms with van der Waals surface area (Å²) in [7, 11) is 0. The smallest absolute Gasteiger partial charge is 0.262 e. The maximum Gasteiger partial charge on any atom is 0.262 e. The molecule has 0 fully saturated rings. The van der Waals surface area contributed by atoms with Crippen molar-refractivity contribution in [2.45, 2.75) is 13.8 Å². The number of hydrogen-bond acceptors (Lipinski definition) is 3. The lowest BCUT2D eigenvalue weighted by Gasteiger charge is -2.12. The second-order valence-corrected chi connectivity index (χ2v) is 6.83. The number of anilines is 1. The van der Waals surface area contributed by atoms with Crippen molar-refractivity contribution in [1.29, 1.82) is 0 Å². The van der Waals surface area contributed by atoms with E-state index in [2.05, 4.69) is 5.32 Å². The number of benzene rings is 3. The molecule has 3 rings (SSSR count). The Morgan fingerprint density at radius 2 is 1.54 bits per heavy atom. The second-order valence-electron chi connectivity index (χ2n) is 6.45. The van der Waals surface area contributed by atoms with Crippen LogP contribution < -0.4 is 10.1 Å². The number of ether oxygens (including phenoxy) is 1. The fourth-order valence-electron chi connectivity index (χ4n) is 2.86. The van der Waals surface area contributed by atoms with E-state index < -0.39 is 0 Å². The van der Waals surface area contributed by atoms with E-state index in [1.165, 1.54) is 0 Å². The van der Waals surface area contributed by atoms with Crippen molar-refractivity contribution < 1.29 is 14.3 Å². The SMILES string of the molecule is Cc1cc(OCC(=O)Nc2ccccc2C(=O)c2ccccc2)cc(C)c1Cl. The van der Waals surface area contributed by atoms with Crippen LogP contribution in [0.4, 0.5) is 5.69 Å². The van der Waals surface area contributed by atoms with Gasteiger partial charge in [-0.3, -0.25) is 9.59 Å². The van der Waals surface area contributed by atoms with E-state index >= 15 is 0 Å². The fourth-order valence-corrected chi connectivity index (χ4v) is 2.97. The summed E-state index contributed by atoms with van der Waals surface area (Å²) in [4.78, 5) is 25.1. The normalized spacial score (nSPS) is 10.4. The standard InChI is InChI=1S/C23H20ClNO3/c1-15-12-18(13-16(2)22(15)24)28-14-21(26)25-20-11-7-6-10-19(20)23(27)17-8-4-3-5-9-17/h3-13H,14H2,1-2H3,(H,25,26). The molecule has 142 valence electrons. The predicted octanol–water partition coefficient (Wildman–Crippen LogP) is 5.21. The van der Waals surface area contributed by atoms with Crippen molar-refractivity contribution in [3.8, 4) is 5.75 Å². The molecule has 0 bridgehead atoms. The summed E-state index contributed by atoms with van der Waals surface area (Å²) in [6.07, 6.45) is 0. The quantitative estimate of drug-likeness (QED) is 0.585. The molecule has 0 radical (unpaired) electrons. The van der Waals surface area contributed by atoms with Crippen molar-refractivity contribution >= 4 is 29.0 Å². The van der Waals surface area contributed by atoms with E-state index in [1.807, 2.05) is 19.9 Å². The molecular formula is C23H20ClNO3. The summed E-state index contributed by atoms with van der Waals surface area (Å²) in [5.41, 5.74) is 3.22. The number of ketones is 1. The molecule has 4 nitrogen and oxygen atoms in total. The third-order valence-corrected chi connectivity index (χ3v) is 4.86. The van der Waals surface area contributed by atoms with Gasteiger partial charge in [-0.25, -0.2) is 0 Å². The van der Waals surface area contributed by atoms with E-state index in [1.54, 1.807) is 60.7 Å². The number of aryl methyl sites for hydroxylation is 2. The van der Waals surface area contributed by atoms with Crippen molar-refractivity contribution in [3.63, 3.8) is 0 Å². The summed E-state index contributed by atoms with van der Waals surface area (Å²) >= 11 is 6.15. The van der Waals surface area contributed by atoms with E-state index in [-0.39, 0.29) is 18.3 Å². The van der Waals surface area contributed by atoms with Crippen LogP contribution in [0.25, 0.3) is 0 Å². The van der Waals surface area contributed by atoms with Crippen LogP contribution in [-0.2, 0) is 4.79 Å². The Morgan fingerprint density at radius 1 is 0.929 bits per heavy atom. The Kier molecular flexibility index (Phi) is 6.12. The van der Waals surface area contributed by atoms with Gasteiger partial charge in [0.2, 0.25) is 0 Å². The first kappa shape index (κ1) is 19.6. The molecule has 0 unspecified atom stereocenters. The van der Waals surface area contributed by atoms with Gasteiger partial charge in [0.25, 0.3) is 5.91 Å². The van der Waals surface area contributed by atoms with Gasteiger partial charge in [0, 0.05) is 16.1 Å². The van der Waals surface area contributed by atoms with Crippen LogP contribution in [-0.4, -0.2) is 18.3 Å². The van der Waals surface area contributed by atoms with Crippen LogP contribution in [0, 0.1) is 13.8 Å². The van der Waals surface area contributed by atoms with Crippen molar-refractivity contribution in [3.05, 3.63) is 94.0 Å². The van der Waals surface area contributed by atoms with Crippen molar-refractivity contribution in [2.24, 2.45) is 0 Å². The Balaban J connectivity index is 1.70. The van der Waals surface area contributed by atoms with Gasteiger partial charge in [-0.15, -0.1) is 0 Å². The van der Waals surface area contributed by atoms with Gasteiger partial charge in [0.15, 0.2) is 12.4 Å². The third-order valence-electron chi connectivity index (χ3n) is 4.26. The van der Waals surface area contributed by atoms with Gasteiger partial charge in [-0.2, -0.15) is 0 Å². The molecule has 0 heterocycles. The first-order chi connectivity index (χ1) is 13.5. The average Bonchev–Trinajstić information content (AvgIpc) is 2.71. The summed E-state index contributed by atoms with van der Waals surface area (Å²) < 4.78 is 5.59. The van der Waals surface area contributed by atoms with E-state index in [4.69, 9.17) is 16.3 Å². The van der Waals surface area contributed by atoms with Gasteiger partial charge >= 0.3 is 0 Å². The summed E-state index contributed by atoms with van der Waals surface area (Å²) in [6.45, 7) is 3.59. The molecule has 0 aliphatic rings. The molecule has 0 saturated carbocycles. The van der Waals surface area contributed by atoms with Gasteiger partial charge in [-0.05, 0) is 49.2 Å². The highest BCUT2D eigenvalue weighted by molar-refractivity contribution is 6.32. The number of carbonyl (C=O) groups is 2. The zero-order valence-corrected chi connectivity index (χ0v) is 16.4. The summed E-state index contributed by atoms with van der Waals surface area (Å²) in [5.74, 6) is 0.0723. The lowest BCUT2D eigenvalue weighted by atomic mass is 10.0. The predicted molar refractivity (Wildman–Crippen MR) is 111 cm³/mol. The largest absolute Gasteiger partial charge is 0.484 e. The van der Waals surface area contributed by atoms with Crippen LogP contribution in [0.3, 0.4) is 0 Å². The molecule has 1 N–H and O–H groups in total. The first-order valence-corrected chi connectivity index (χ1v) is 9.21. The molecule has 0 aromatic heterocycles. The molecule has 1 amide bonds. The number of nitrogens with one attached hydrogen (secondary N) is 1.